The number of carbonyl (C=O) groups excluding carboxylic acids is 1. The summed E-state index contributed by atoms with van der Waals surface area (Å²) in [4.78, 5) is 15.8. The Kier molecular flexibility index (Phi) is 4.35. The number of hydrogen-bond donors (Lipinski definition) is 1. The highest BCUT2D eigenvalue weighted by molar-refractivity contribution is 6.33. The summed E-state index contributed by atoms with van der Waals surface area (Å²) in [6.07, 6.45) is 2.94. The number of nitrogens with one attached hydrogen (secondary N) is 1. The number of rotatable bonds is 3. The summed E-state index contributed by atoms with van der Waals surface area (Å²) in [5.74, 6) is -0.516. The molecule has 0 radical (unpaired) electrons. The van der Waals surface area contributed by atoms with Crippen molar-refractivity contribution < 1.29 is 9.18 Å². The van der Waals surface area contributed by atoms with Crippen LogP contribution in [0.15, 0.2) is 30.6 Å². The smallest absolute Gasteiger partial charge is 0.254 e. The minimum Gasteiger partial charge on any atom is -0.348 e. The van der Waals surface area contributed by atoms with Crippen LogP contribution < -0.4 is 5.32 Å². The van der Waals surface area contributed by atoms with Crippen LogP contribution in [0.25, 0.3) is 0 Å². The number of aromatic nitrogens is 1. The summed E-state index contributed by atoms with van der Waals surface area (Å²) in [6, 6.07) is 4.99. The number of hydrogen-bond acceptors (Lipinski definition) is 2. The van der Waals surface area contributed by atoms with Crippen LogP contribution in [0, 0.1) is 19.7 Å². The largest absolute Gasteiger partial charge is 0.348 e. The fourth-order valence-electron chi connectivity index (χ4n) is 1.96. The van der Waals surface area contributed by atoms with Crippen LogP contribution in [0.5, 0.6) is 0 Å². The van der Waals surface area contributed by atoms with Crippen LogP contribution in [0.2, 0.25) is 5.02 Å². The molecule has 0 fully saturated rings. The summed E-state index contributed by atoms with van der Waals surface area (Å²) < 4.78 is 13.5. The molecule has 0 aliphatic carbocycles. The molecule has 1 aromatic carbocycles. The molecule has 0 atom stereocenters. The van der Waals surface area contributed by atoms with Crippen molar-refractivity contribution in [1.29, 1.82) is 0 Å². The second-order valence-electron chi connectivity index (χ2n) is 4.58. The molecule has 0 bridgehead atoms. The van der Waals surface area contributed by atoms with E-state index in [1.54, 1.807) is 32.0 Å². The molecule has 1 heterocycles. The van der Waals surface area contributed by atoms with Gasteiger partial charge in [-0.2, -0.15) is 0 Å². The van der Waals surface area contributed by atoms with Crippen LogP contribution in [0.4, 0.5) is 4.39 Å². The molecule has 2 aromatic rings. The maximum absolute atomic E-state index is 13.5. The lowest BCUT2D eigenvalue weighted by Gasteiger charge is -2.09. The molecule has 0 aliphatic heterocycles. The Morgan fingerprint density at radius 3 is 2.60 bits per heavy atom. The molecule has 20 heavy (non-hydrogen) atoms. The molecule has 1 aromatic heterocycles. The Morgan fingerprint density at radius 1 is 1.35 bits per heavy atom. The zero-order chi connectivity index (χ0) is 14.7. The highest BCUT2D eigenvalue weighted by Crippen LogP contribution is 2.16. The molecular weight excluding hydrogens is 279 g/mol. The molecule has 5 heteroatoms. The number of nitrogens with zero attached hydrogens (tertiary/aromatic N) is 1. The lowest BCUT2D eigenvalue weighted by Crippen LogP contribution is -2.23. The van der Waals surface area contributed by atoms with E-state index < -0.39 is 0 Å². The Bertz CT molecular complexity index is 635. The van der Waals surface area contributed by atoms with E-state index in [2.05, 4.69) is 10.3 Å². The summed E-state index contributed by atoms with van der Waals surface area (Å²) in [7, 11) is 0. The Morgan fingerprint density at radius 2 is 2.00 bits per heavy atom. The average molecular weight is 293 g/mol. The Balaban J connectivity index is 2.10. The first-order valence-corrected chi connectivity index (χ1v) is 6.50. The normalized spacial score (nSPS) is 10.4. The van der Waals surface area contributed by atoms with E-state index in [4.69, 9.17) is 11.6 Å². The zero-order valence-electron chi connectivity index (χ0n) is 11.2. The number of amides is 1. The number of halogens is 2. The molecule has 0 saturated heterocycles. The van der Waals surface area contributed by atoms with E-state index in [9.17, 15) is 9.18 Å². The van der Waals surface area contributed by atoms with Gasteiger partial charge in [-0.1, -0.05) is 23.7 Å². The highest BCUT2D eigenvalue weighted by Gasteiger charge is 2.10. The lowest BCUT2D eigenvalue weighted by atomic mass is 10.1. The maximum Gasteiger partial charge on any atom is 0.254 e. The number of benzene rings is 1. The molecule has 0 aliphatic rings. The number of aryl methyl sites for hydroxylation is 2. The summed E-state index contributed by atoms with van der Waals surface area (Å²) >= 11 is 5.92. The van der Waals surface area contributed by atoms with E-state index in [-0.39, 0.29) is 11.7 Å². The van der Waals surface area contributed by atoms with Gasteiger partial charge in [0.1, 0.15) is 5.82 Å². The first kappa shape index (κ1) is 14.5. The lowest BCUT2D eigenvalue weighted by molar-refractivity contribution is 0.0950. The summed E-state index contributed by atoms with van der Waals surface area (Å²) in [6.45, 7) is 3.71. The predicted octanol–water partition coefficient (Wildman–Crippen LogP) is 3.42. The van der Waals surface area contributed by atoms with Gasteiger partial charge in [0, 0.05) is 18.9 Å². The topological polar surface area (TPSA) is 42.0 Å². The fourth-order valence-corrected chi connectivity index (χ4v) is 2.15. The minimum absolute atomic E-state index is 0.213. The van der Waals surface area contributed by atoms with Gasteiger partial charge in [-0.05, 0) is 36.6 Å². The van der Waals surface area contributed by atoms with E-state index in [1.165, 1.54) is 12.4 Å². The predicted molar refractivity (Wildman–Crippen MR) is 76.3 cm³/mol. The Labute approximate surface area is 121 Å². The van der Waals surface area contributed by atoms with Crippen LogP contribution in [0.1, 0.15) is 27.0 Å². The SMILES string of the molecule is Cc1cc(CNC(=O)c2cnccc2Cl)cc(C)c1F. The zero-order valence-corrected chi connectivity index (χ0v) is 12.0. The van der Waals surface area contributed by atoms with Crippen LogP contribution in [-0.2, 0) is 6.54 Å². The van der Waals surface area contributed by atoms with Gasteiger partial charge in [-0.3, -0.25) is 9.78 Å². The van der Waals surface area contributed by atoms with E-state index in [1.807, 2.05) is 0 Å². The molecular formula is C15H14ClFN2O. The monoisotopic (exact) mass is 292 g/mol. The Hall–Kier alpha value is -1.94. The van der Waals surface area contributed by atoms with Gasteiger partial charge < -0.3 is 5.32 Å². The average Bonchev–Trinajstić information content (AvgIpc) is 2.42. The summed E-state index contributed by atoms with van der Waals surface area (Å²) in [5.41, 5.74) is 2.29. The van der Waals surface area contributed by atoms with E-state index in [0.29, 0.717) is 28.3 Å². The van der Waals surface area contributed by atoms with Crippen molar-refractivity contribution in [3.63, 3.8) is 0 Å². The van der Waals surface area contributed by atoms with Crippen LogP contribution in [-0.4, -0.2) is 10.9 Å². The van der Waals surface area contributed by atoms with Gasteiger partial charge in [-0.25, -0.2) is 4.39 Å². The van der Waals surface area contributed by atoms with Gasteiger partial charge >= 0.3 is 0 Å². The van der Waals surface area contributed by atoms with Gasteiger partial charge in [0.25, 0.3) is 5.91 Å². The second kappa shape index (κ2) is 6.01. The maximum atomic E-state index is 13.5. The molecule has 3 nitrogen and oxygen atoms in total. The number of carbonyl (C=O) groups is 1. The van der Waals surface area contributed by atoms with Crippen LogP contribution >= 0.6 is 11.6 Å². The molecule has 1 amide bonds. The summed E-state index contributed by atoms with van der Waals surface area (Å²) in [5, 5.41) is 3.10. The standard InChI is InChI=1S/C15H14ClFN2O/c1-9-5-11(6-10(2)14(9)17)7-19-15(20)12-8-18-4-3-13(12)16/h3-6,8H,7H2,1-2H3,(H,19,20). The molecule has 0 saturated carbocycles. The van der Waals surface area contributed by atoms with E-state index in [0.717, 1.165) is 5.56 Å². The van der Waals surface area contributed by atoms with E-state index >= 15 is 0 Å². The van der Waals surface area contributed by atoms with Gasteiger partial charge in [-0.15, -0.1) is 0 Å². The molecule has 0 unspecified atom stereocenters. The minimum atomic E-state index is -0.303. The van der Waals surface area contributed by atoms with Crippen molar-refractivity contribution in [1.82, 2.24) is 10.3 Å². The second-order valence-corrected chi connectivity index (χ2v) is 4.99. The van der Waals surface area contributed by atoms with Crippen molar-refractivity contribution in [2.45, 2.75) is 20.4 Å². The quantitative estimate of drug-likeness (QED) is 0.942. The van der Waals surface area contributed by atoms with Crippen molar-refractivity contribution >= 4 is 17.5 Å². The van der Waals surface area contributed by atoms with Crippen molar-refractivity contribution in [2.24, 2.45) is 0 Å². The third-order valence-corrected chi connectivity index (χ3v) is 3.29. The number of pyridine rings is 1. The van der Waals surface area contributed by atoms with Gasteiger partial charge in [0.05, 0.1) is 10.6 Å². The molecule has 0 spiro atoms. The molecule has 104 valence electrons. The van der Waals surface area contributed by atoms with Gasteiger partial charge in [0.15, 0.2) is 0 Å². The van der Waals surface area contributed by atoms with Crippen molar-refractivity contribution in [2.75, 3.05) is 0 Å². The first-order valence-electron chi connectivity index (χ1n) is 6.12. The highest BCUT2D eigenvalue weighted by atomic mass is 35.5. The third kappa shape index (κ3) is 3.14. The first-order chi connectivity index (χ1) is 9.49. The molecule has 1 N–H and O–H groups in total. The van der Waals surface area contributed by atoms with Crippen LogP contribution in [0.3, 0.4) is 0 Å². The van der Waals surface area contributed by atoms with Crippen molar-refractivity contribution in [3.05, 3.63) is 63.7 Å². The van der Waals surface area contributed by atoms with Gasteiger partial charge in [0.2, 0.25) is 0 Å². The fraction of sp³-hybridized carbons (Fsp3) is 0.200. The third-order valence-electron chi connectivity index (χ3n) is 2.96. The molecule has 2 rings (SSSR count). The van der Waals surface area contributed by atoms with Crippen molar-refractivity contribution in [3.8, 4) is 0 Å².